The number of para-hydroxylation sites is 1. The molecule has 24 heavy (non-hydrogen) atoms. The fourth-order valence-electron chi connectivity index (χ4n) is 2.64. The van der Waals surface area contributed by atoms with E-state index in [0.29, 0.717) is 12.4 Å². The number of anilines is 1. The fraction of sp³-hybridized carbons (Fsp3) is 0.0526. The van der Waals surface area contributed by atoms with E-state index in [1.165, 1.54) is 6.33 Å². The van der Waals surface area contributed by atoms with Crippen molar-refractivity contribution < 1.29 is 4.74 Å². The smallest absolute Gasteiger partial charge is 0.145 e. The van der Waals surface area contributed by atoms with Gasteiger partial charge in [0.2, 0.25) is 0 Å². The maximum absolute atomic E-state index is 5.88. The van der Waals surface area contributed by atoms with E-state index in [2.05, 4.69) is 26.7 Å². The lowest BCUT2D eigenvalue weighted by molar-refractivity contribution is 0.482. The van der Waals surface area contributed by atoms with Gasteiger partial charge in [0.15, 0.2) is 0 Å². The van der Waals surface area contributed by atoms with Crippen LogP contribution in [0.4, 0.5) is 5.82 Å². The fourth-order valence-corrected chi connectivity index (χ4v) is 2.64. The van der Waals surface area contributed by atoms with Crippen LogP contribution in [0, 0.1) is 0 Å². The molecule has 118 valence electrons. The van der Waals surface area contributed by atoms with Crippen LogP contribution in [0.2, 0.25) is 0 Å². The van der Waals surface area contributed by atoms with E-state index in [-0.39, 0.29) is 0 Å². The molecule has 0 fully saturated rings. The van der Waals surface area contributed by atoms with Gasteiger partial charge in [0.25, 0.3) is 0 Å². The first kappa shape index (κ1) is 14.3. The van der Waals surface area contributed by atoms with Crippen molar-refractivity contribution in [2.45, 2.75) is 6.54 Å². The van der Waals surface area contributed by atoms with Crippen LogP contribution in [-0.4, -0.2) is 14.5 Å². The van der Waals surface area contributed by atoms with Gasteiger partial charge in [0.1, 0.15) is 29.3 Å². The molecule has 0 saturated carbocycles. The van der Waals surface area contributed by atoms with Gasteiger partial charge in [0, 0.05) is 12.7 Å². The summed E-state index contributed by atoms with van der Waals surface area (Å²) >= 11 is 0. The van der Waals surface area contributed by atoms with Crippen LogP contribution in [0.15, 0.2) is 73.2 Å². The summed E-state index contributed by atoms with van der Waals surface area (Å²) in [5.74, 6) is 2.15. The summed E-state index contributed by atoms with van der Waals surface area (Å²) in [4.78, 5) is 8.33. The number of hydrogen-bond donors (Lipinski definition) is 1. The predicted octanol–water partition coefficient (Wildman–Crippen LogP) is 3.85. The minimum absolute atomic E-state index is 0.505. The molecule has 0 radical (unpaired) electrons. The molecule has 0 atom stereocenters. The third-order valence-electron chi connectivity index (χ3n) is 3.84. The Balaban J connectivity index is 1.54. The first-order valence-corrected chi connectivity index (χ1v) is 7.67. The molecule has 0 aliphatic carbocycles. The second kappa shape index (κ2) is 6.04. The van der Waals surface area contributed by atoms with E-state index < -0.39 is 0 Å². The number of nitrogen functional groups attached to an aromatic ring is 1. The first-order valence-electron chi connectivity index (χ1n) is 7.67. The normalized spacial score (nSPS) is 10.8. The Hall–Kier alpha value is -3.34. The summed E-state index contributed by atoms with van der Waals surface area (Å²) in [6, 6.07) is 19.7. The molecule has 0 spiro atoms. The van der Waals surface area contributed by atoms with Crippen molar-refractivity contribution in [3.63, 3.8) is 0 Å². The summed E-state index contributed by atoms with van der Waals surface area (Å²) in [7, 11) is 0. The number of rotatable bonds is 4. The van der Waals surface area contributed by atoms with Crippen molar-refractivity contribution >= 4 is 16.9 Å². The highest BCUT2D eigenvalue weighted by molar-refractivity contribution is 5.86. The summed E-state index contributed by atoms with van der Waals surface area (Å²) in [6.07, 6.45) is 3.47. The molecule has 4 aromatic rings. The van der Waals surface area contributed by atoms with Crippen LogP contribution >= 0.6 is 0 Å². The maximum Gasteiger partial charge on any atom is 0.145 e. The standard InChI is InChI=1S/C19H16N4O/c20-18-17-10-11-23(19(17)22-13-21-18)12-14-6-8-16(9-7-14)24-15-4-2-1-3-5-15/h1-11,13H,12H2,(H2,20,21,22). The zero-order valence-corrected chi connectivity index (χ0v) is 13.0. The molecule has 0 saturated heterocycles. The Bertz CT molecular complexity index is 962. The van der Waals surface area contributed by atoms with Crippen molar-refractivity contribution in [3.8, 4) is 11.5 Å². The summed E-state index contributed by atoms with van der Waals surface area (Å²) in [5.41, 5.74) is 7.87. The SMILES string of the molecule is Nc1ncnc2c1ccn2Cc1ccc(Oc2ccccc2)cc1. The highest BCUT2D eigenvalue weighted by Gasteiger charge is 2.06. The van der Waals surface area contributed by atoms with E-state index in [1.54, 1.807) is 0 Å². The summed E-state index contributed by atoms with van der Waals surface area (Å²) in [5, 5.41) is 0.876. The van der Waals surface area contributed by atoms with Crippen LogP contribution in [0.5, 0.6) is 11.5 Å². The summed E-state index contributed by atoms with van der Waals surface area (Å²) < 4.78 is 7.87. The van der Waals surface area contributed by atoms with Gasteiger partial charge < -0.3 is 15.0 Å². The van der Waals surface area contributed by atoms with Crippen LogP contribution in [0.25, 0.3) is 11.0 Å². The van der Waals surface area contributed by atoms with Gasteiger partial charge in [-0.2, -0.15) is 0 Å². The van der Waals surface area contributed by atoms with E-state index in [0.717, 1.165) is 28.1 Å². The van der Waals surface area contributed by atoms with E-state index in [9.17, 15) is 0 Å². The number of aromatic nitrogens is 3. The van der Waals surface area contributed by atoms with Gasteiger partial charge >= 0.3 is 0 Å². The molecule has 2 aromatic carbocycles. The number of benzene rings is 2. The molecule has 5 nitrogen and oxygen atoms in total. The molecule has 2 N–H and O–H groups in total. The third kappa shape index (κ3) is 2.79. The van der Waals surface area contributed by atoms with Crippen LogP contribution in [0.1, 0.15) is 5.56 Å². The minimum atomic E-state index is 0.505. The van der Waals surface area contributed by atoms with Crippen LogP contribution in [-0.2, 0) is 6.54 Å². The predicted molar refractivity (Wildman–Crippen MR) is 94.0 cm³/mol. The highest BCUT2D eigenvalue weighted by atomic mass is 16.5. The largest absolute Gasteiger partial charge is 0.457 e. The molecular formula is C19H16N4O. The van der Waals surface area contributed by atoms with Gasteiger partial charge in [-0.3, -0.25) is 0 Å². The van der Waals surface area contributed by atoms with Gasteiger partial charge in [-0.1, -0.05) is 30.3 Å². The Kier molecular flexibility index (Phi) is 3.59. The molecule has 0 unspecified atom stereocenters. The minimum Gasteiger partial charge on any atom is -0.457 e. The Morgan fingerprint density at radius 3 is 2.42 bits per heavy atom. The van der Waals surface area contributed by atoms with Crippen molar-refractivity contribution in [1.82, 2.24) is 14.5 Å². The number of ether oxygens (including phenoxy) is 1. The second-order valence-corrected chi connectivity index (χ2v) is 5.50. The van der Waals surface area contributed by atoms with Gasteiger partial charge in [-0.05, 0) is 35.9 Å². The topological polar surface area (TPSA) is 66.0 Å². The number of nitrogens with zero attached hydrogens (tertiary/aromatic N) is 3. The average molecular weight is 316 g/mol. The van der Waals surface area contributed by atoms with Gasteiger partial charge in [-0.15, -0.1) is 0 Å². The molecule has 0 amide bonds. The van der Waals surface area contributed by atoms with Gasteiger partial charge in [-0.25, -0.2) is 9.97 Å². The van der Waals surface area contributed by atoms with Gasteiger partial charge in [0.05, 0.1) is 5.39 Å². The van der Waals surface area contributed by atoms with E-state index in [1.807, 2.05) is 54.7 Å². The quantitative estimate of drug-likeness (QED) is 0.621. The number of hydrogen-bond acceptors (Lipinski definition) is 4. The lowest BCUT2D eigenvalue weighted by Crippen LogP contribution is -2.00. The number of nitrogens with two attached hydrogens (primary N) is 1. The molecule has 0 aliphatic rings. The first-order chi connectivity index (χ1) is 11.8. The maximum atomic E-state index is 5.88. The van der Waals surface area contributed by atoms with E-state index >= 15 is 0 Å². The second-order valence-electron chi connectivity index (χ2n) is 5.50. The lowest BCUT2D eigenvalue weighted by Gasteiger charge is -2.08. The summed E-state index contributed by atoms with van der Waals surface area (Å²) in [6.45, 7) is 0.714. The van der Waals surface area contributed by atoms with E-state index in [4.69, 9.17) is 10.5 Å². The van der Waals surface area contributed by atoms with Crippen molar-refractivity contribution in [2.75, 3.05) is 5.73 Å². The lowest BCUT2D eigenvalue weighted by atomic mass is 10.2. The van der Waals surface area contributed by atoms with Crippen molar-refractivity contribution in [3.05, 3.63) is 78.8 Å². The number of fused-ring (bicyclic) bond motifs is 1. The van der Waals surface area contributed by atoms with Crippen molar-refractivity contribution in [1.29, 1.82) is 0 Å². The Labute approximate surface area is 139 Å². The molecule has 2 aromatic heterocycles. The average Bonchev–Trinajstić information content (AvgIpc) is 3.02. The third-order valence-corrected chi connectivity index (χ3v) is 3.84. The zero-order valence-electron chi connectivity index (χ0n) is 13.0. The molecule has 4 rings (SSSR count). The molecule has 2 heterocycles. The highest BCUT2D eigenvalue weighted by Crippen LogP contribution is 2.23. The van der Waals surface area contributed by atoms with Crippen LogP contribution in [0.3, 0.4) is 0 Å². The molecule has 5 heteroatoms. The van der Waals surface area contributed by atoms with Crippen molar-refractivity contribution in [2.24, 2.45) is 0 Å². The Morgan fingerprint density at radius 1 is 0.875 bits per heavy atom. The monoisotopic (exact) mass is 316 g/mol. The van der Waals surface area contributed by atoms with Crippen LogP contribution < -0.4 is 10.5 Å². The Morgan fingerprint density at radius 2 is 1.62 bits per heavy atom. The molecule has 0 bridgehead atoms. The zero-order chi connectivity index (χ0) is 16.4. The molecule has 0 aliphatic heterocycles. The molecular weight excluding hydrogens is 300 g/mol.